The van der Waals surface area contributed by atoms with Crippen molar-refractivity contribution in [1.82, 2.24) is 14.1 Å². The number of morpholine rings is 1. The molecule has 0 bridgehead atoms. The second kappa shape index (κ2) is 9.15. The van der Waals surface area contributed by atoms with Crippen molar-refractivity contribution in [3.63, 3.8) is 0 Å². The maximum absolute atomic E-state index is 12.1. The van der Waals surface area contributed by atoms with E-state index in [4.69, 9.17) is 14.2 Å². The Morgan fingerprint density at radius 3 is 2.96 bits per heavy atom. The zero-order valence-electron chi connectivity index (χ0n) is 14.2. The number of ether oxygens (including phenoxy) is 3. The average Bonchev–Trinajstić information content (AvgIpc) is 3.14. The summed E-state index contributed by atoms with van der Waals surface area (Å²) in [5.41, 5.74) is 0.875. The van der Waals surface area contributed by atoms with E-state index in [0.29, 0.717) is 37.2 Å². The standard InChI is InChI=1S/C16H19BrN4O4S/c1-23-13-3-2-12(17)8-11(13)9-18-14(22)10-25-16-15(19-26-20-16)21-4-6-24-7-5-21/h2-3,8H,4-7,9-10H2,1H3,(H,18,22). The van der Waals surface area contributed by atoms with Crippen molar-refractivity contribution >= 4 is 39.4 Å². The van der Waals surface area contributed by atoms with Crippen LogP contribution < -0.4 is 19.7 Å². The van der Waals surface area contributed by atoms with Crippen LogP contribution in [0.25, 0.3) is 0 Å². The van der Waals surface area contributed by atoms with Crippen molar-refractivity contribution in [2.24, 2.45) is 0 Å². The Hall–Kier alpha value is -1.91. The highest BCUT2D eigenvalue weighted by Crippen LogP contribution is 2.26. The molecule has 0 saturated carbocycles. The van der Waals surface area contributed by atoms with Gasteiger partial charge in [0.25, 0.3) is 11.8 Å². The fourth-order valence-corrected chi connectivity index (χ4v) is 3.43. The summed E-state index contributed by atoms with van der Waals surface area (Å²) in [4.78, 5) is 14.2. The Labute approximate surface area is 163 Å². The predicted molar refractivity (Wildman–Crippen MR) is 101 cm³/mol. The Morgan fingerprint density at radius 2 is 2.19 bits per heavy atom. The highest BCUT2D eigenvalue weighted by atomic mass is 79.9. The molecule has 0 aliphatic carbocycles. The first-order valence-electron chi connectivity index (χ1n) is 8.04. The van der Waals surface area contributed by atoms with Crippen LogP contribution in [0.2, 0.25) is 0 Å². The summed E-state index contributed by atoms with van der Waals surface area (Å²) in [5, 5.41) is 2.82. The summed E-state index contributed by atoms with van der Waals surface area (Å²) < 4.78 is 25.5. The first kappa shape index (κ1) is 18.9. The van der Waals surface area contributed by atoms with Crippen LogP contribution >= 0.6 is 27.7 Å². The monoisotopic (exact) mass is 442 g/mol. The molecule has 0 unspecified atom stereocenters. The third kappa shape index (κ3) is 4.83. The number of carbonyl (C=O) groups excluding carboxylic acids is 1. The number of aromatic nitrogens is 2. The predicted octanol–water partition coefficient (Wildman–Crippen LogP) is 1.84. The SMILES string of the molecule is COc1ccc(Br)cc1CNC(=O)COc1nsnc1N1CCOCC1. The van der Waals surface area contributed by atoms with Gasteiger partial charge in [-0.1, -0.05) is 15.9 Å². The van der Waals surface area contributed by atoms with Crippen LogP contribution in [0, 0.1) is 0 Å². The molecule has 1 amide bonds. The highest BCUT2D eigenvalue weighted by molar-refractivity contribution is 9.10. The molecule has 1 aromatic carbocycles. The summed E-state index contributed by atoms with van der Waals surface area (Å²) in [5.74, 6) is 1.52. The summed E-state index contributed by atoms with van der Waals surface area (Å²) in [6.07, 6.45) is 0. The van der Waals surface area contributed by atoms with Gasteiger partial charge in [-0.25, -0.2) is 0 Å². The molecule has 1 aliphatic rings. The van der Waals surface area contributed by atoms with Crippen LogP contribution in [0.15, 0.2) is 22.7 Å². The molecule has 10 heteroatoms. The molecule has 3 rings (SSSR count). The maximum Gasteiger partial charge on any atom is 0.271 e. The molecule has 140 valence electrons. The van der Waals surface area contributed by atoms with Crippen LogP contribution in [-0.2, 0) is 16.1 Å². The number of nitrogens with zero attached hydrogens (tertiary/aromatic N) is 3. The molecule has 2 heterocycles. The smallest absolute Gasteiger partial charge is 0.271 e. The minimum Gasteiger partial charge on any atom is -0.496 e. The van der Waals surface area contributed by atoms with Gasteiger partial charge in [0, 0.05) is 29.7 Å². The van der Waals surface area contributed by atoms with E-state index in [0.717, 1.165) is 34.9 Å². The number of benzene rings is 1. The zero-order chi connectivity index (χ0) is 18.4. The number of methoxy groups -OCH3 is 1. The number of amides is 1. The van der Waals surface area contributed by atoms with Crippen molar-refractivity contribution in [3.05, 3.63) is 28.2 Å². The van der Waals surface area contributed by atoms with Gasteiger partial charge >= 0.3 is 0 Å². The van der Waals surface area contributed by atoms with Gasteiger partial charge in [0.05, 0.1) is 32.1 Å². The maximum atomic E-state index is 12.1. The quantitative estimate of drug-likeness (QED) is 0.699. The van der Waals surface area contributed by atoms with Crippen molar-refractivity contribution in [2.45, 2.75) is 6.54 Å². The van der Waals surface area contributed by atoms with E-state index in [1.807, 2.05) is 23.1 Å². The Kier molecular flexibility index (Phi) is 6.64. The number of hydrogen-bond acceptors (Lipinski definition) is 8. The van der Waals surface area contributed by atoms with Crippen LogP contribution in [-0.4, -0.2) is 54.7 Å². The van der Waals surface area contributed by atoms with Gasteiger partial charge in [0.15, 0.2) is 6.61 Å². The minimum absolute atomic E-state index is 0.126. The summed E-state index contributed by atoms with van der Waals surface area (Å²) in [7, 11) is 1.60. The molecule has 1 aliphatic heterocycles. The normalized spacial score (nSPS) is 14.2. The molecule has 26 heavy (non-hydrogen) atoms. The van der Waals surface area contributed by atoms with Crippen LogP contribution in [0.5, 0.6) is 11.6 Å². The topological polar surface area (TPSA) is 85.8 Å². The summed E-state index contributed by atoms with van der Waals surface area (Å²) in [6, 6.07) is 5.63. The molecule has 8 nitrogen and oxygen atoms in total. The molecule has 1 aromatic heterocycles. The van der Waals surface area contributed by atoms with Gasteiger partial charge < -0.3 is 24.4 Å². The molecule has 0 radical (unpaired) electrons. The van der Waals surface area contributed by atoms with Crippen molar-refractivity contribution in [1.29, 1.82) is 0 Å². The second-order valence-corrected chi connectivity index (χ2v) is 6.96. The van der Waals surface area contributed by atoms with Gasteiger partial charge in [0.1, 0.15) is 5.75 Å². The van der Waals surface area contributed by atoms with E-state index in [2.05, 4.69) is 30.0 Å². The summed E-state index contributed by atoms with van der Waals surface area (Å²) in [6.45, 7) is 2.97. The third-order valence-corrected chi connectivity index (χ3v) is 4.81. The lowest BCUT2D eigenvalue weighted by Gasteiger charge is -2.26. The van der Waals surface area contributed by atoms with Crippen LogP contribution in [0.4, 0.5) is 5.82 Å². The van der Waals surface area contributed by atoms with Crippen LogP contribution in [0.3, 0.4) is 0 Å². The van der Waals surface area contributed by atoms with Crippen LogP contribution in [0.1, 0.15) is 5.56 Å². The van der Waals surface area contributed by atoms with E-state index in [1.165, 1.54) is 0 Å². The molecule has 1 saturated heterocycles. The molecule has 0 atom stereocenters. The van der Waals surface area contributed by atoms with E-state index in [9.17, 15) is 4.79 Å². The van der Waals surface area contributed by atoms with Crippen molar-refractivity contribution in [3.8, 4) is 11.6 Å². The first-order valence-corrected chi connectivity index (χ1v) is 9.57. The van der Waals surface area contributed by atoms with Gasteiger partial charge in [0.2, 0.25) is 5.82 Å². The Bertz CT molecular complexity index is 752. The lowest BCUT2D eigenvalue weighted by molar-refractivity contribution is -0.123. The molecule has 0 spiro atoms. The second-order valence-electron chi connectivity index (χ2n) is 5.51. The van der Waals surface area contributed by atoms with Gasteiger partial charge in [-0.3, -0.25) is 4.79 Å². The van der Waals surface area contributed by atoms with Crippen molar-refractivity contribution in [2.75, 3.05) is 44.9 Å². The zero-order valence-corrected chi connectivity index (χ0v) is 16.6. The molecular formula is C16H19BrN4O4S. The number of carbonyl (C=O) groups is 1. The fraction of sp³-hybridized carbons (Fsp3) is 0.438. The molecule has 1 fully saturated rings. The lowest BCUT2D eigenvalue weighted by atomic mass is 10.2. The van der Waals surface area contributed by atoms with E-state index in [-0.39, 0.29) is 12.5 Å². The Morgan fingerprint density at radius 1 is 1.38 bits per heavy atom. The fourth-order valence-electron chi connectivity index (χ4n) is 2.50. The number of anilines is 1. The van der Waals surface area contributed by atoms with E-state index < -0.39 is 0 Å². The molecule has 2 aromatic rings. The number of halogens is 1. The van der Waals surface area contributed by atoms with E-state index in [1.54, 1.807) is 7.11 Å². The number of nitrogens with one attached hydrogen (secondary N) is 1. The molecular weight excluding hydrogens is 424 g/mol. The molecule has 1 N–H and O–H groups in total. The van der Waals surface area contributed by atoms with Gasteiger partial charge in [-0.05, 0) is 18.2 Å². The van der Waals surface area contributed by atoms with Crippen molar-refractivity contribution < 1.29 is 19.0 Å². The summed E-state index contributed by atoms with van der Waals surface area (Å²) >= 11 is 4.48. The van der Waals surface area contributed by atoms with Gasteiger partial charge in [-0.15, -0.1) is 4.37 Å². The first-order chi connectivity index (χ1) is 12.7. The largest absolute Gasteiger partial charge is 0.496 e. The average molecular weight is 443 g/mol. The number of hydrogen-bond donors (Lipinski definition) is 1. The minimum atomic E-state index is -0.243. The van der Waals surface area contributed by atoms with Gasteiger partial charge in [-0.2, -0.15) is 4.37 Å². The van der Waals surface area contributed by atoms with E-state index >= 15 is 0 Å². The lowest BCUT2D eigenvalue weighted by Crippen LogP contribution is -2.37. The number of rotatable bonds is 7. The third-order valence-electron chi connectivity index (χ3n) is 3.81. The Balaban J connectivity index is 1.52. The highest BCUT2D eigenvalue weighted by Gasteiger charge is 2.20.